The van der Waals surface area contributed by atoms with E-state index in [2.05, 4.69) is 16.0 Å². The largest absolute Gasteiger partial charge is 0.394 e. The number of hydrogen-bond acceptors (Lipinski definition) is 16. The normalized spacial score (nSPS) is 43.9. The summed E-state index contributed by atoms with van der Waals surface area (Å²) in [4.78, 5) is 12.7. The van der Waals surface area contributed by atoms with Gasteiger partial charge >= 0.3 is 0 Å². The molecule has 1 unspecified atom stereocenters. The van der Waals surface area contributed by atoms with E-state index in [1.165, 1.54) is 0 Å². The Labute approximate surface area is 244 Å². The lowest BCUT2D eigenvalue weighted by molar-refractivity contribution is -0.314. The summed E-state index contributed by atoms with van der Waals surface area (Å²) in [7, 11) is 0. The predicted octanol–water partition coefficient (Wildman–Crippen LogP) is -6.80. The van der Waals surface area contributed by atoms with Gasteiger partial charge in [0.2, 0.25) is 5.91 Å². The smallest absolute Gasteiger partial charge is 0.249 e. The molecule has 4 aliphatic rings. The first kappa shape index (κ1) is 33.8. The van der Waals surface area contributed by atoms with Crippen molar-refractivity contribution in [3.05, 3.63) is 0 Å². The van der Waals surface area contributed by atoms with Crippen LogP contribution in [-0.4, -0.2) is 156 Å². The molecule has 14 atom stereocenters. The number of amides is 1. The highest BCUT2D eigenvalue weighted by Crippen LogP contribution is 2.32. The molecule has 3 heterocycles. The van der Waals surface area contributed by atoms with Crippen LogP contribution in [0.3, 0.4) is 0 Å². The second-order valence-corrected chi connectivity index (χ2v) is 11.7. The van der Waals surface area contributed by atoms with E-state index in [0.29, 0.717) is 0 Å². The quantitative estimate of drug-likeness (QED) is 0.0981. The maximum Gasteiger partial charge on any atom is 0.249 e. The predicted molar refractivity (Wildman–Crippen MR) is 146 cm³/mol. The number of aliphatic hydroxyl groups excluding tert-OH is 5. The molecule has 0 bridgehead atoms. The molecule has 0 spiro atoms. The Bertz CT molecular complexity index is 860. The highest BCUT2D eigenvalue weighted by atomic mass is 16.7. The Morgan fingerprint density at radius 1 is 0.976 bits per heavy atom. The lowest BCUT2D eigenvalue weighted by atomic mass is 9.83. The molecule has 17 nitrogen and oxygen atoms in total. The molecule has 0 aromatic carbocycles. The third-order valence-corrected chi connectivity index (χ3v) is 8.56. The van der Waals surface area contributed by atoms with Crippen LogP contribution >= 0.6 is 0 Å². The van der Waals surface area contributed by atoms with Crippen molar-refractivity contribution in [2.75, 3.05) is 32.8 Å². The van der Waals surface area contributed by atoms with Crippen LogP contribution in [0.2, 0.25) is 0 Å². The molecular weight excluding hydrogens is 558 g/mol. The highest BCUT2D eigenvalue weighted by molar-refractivity contribution is 5.80. The fraction of sp³-hybridized carbons (Fsp3) is 0.960. The summed E-state index contributed by atoms with van der Waals surface area (Å²) >= 11 is 0. The Morgan fingerprint density at radius 3 is 2.31 bits per heavy atom. The molecule has 244 valence electrons. The van der Waals surface area contributed by atoms with Crippen molar-refractivity contribution < 1.29 is 49.3 Å². The molecule has 0 radical (unpaired) electrons. The Morgan fingerprint density at radius 2 is 1.69 bits per heavy atom. The number of carbonyl (C=O) groups excluding carboxylic acids is 1. The van der Waals surface area contributed by atoms with E-state index in [4.69, 9.17) is 41.9 Å². The minimum Gasteiger partial charge on any atom is -0.394 e. The van der Waals surface area contributed by atoms with Crippen LogP contribution in [0.1, 0.15) is 25.7 Å². The summed E-state index contributed by atoms with van der Waals surface area (Å²) < 4.78 is 24.1. The molecule has 1 aliphatic carbocycles. The minimum atomic E-state index is -1.54. The highest BCUT2D eigenvalue weighted by Gasteiger charge is 2.51. The molecule has 3 saturated heterocycles. The average Bonchev–Trinajstić information content (AvgIpc) is 2.95. The minimum absolute atomic E-state index is 0.00598. The third kappa shape index (κ3) is 7.74. The molecule has 1 amide bonds. The second kappa shape index (κ2) is 15.2. The van der Waals surface area contributed by atoms with Gasteiger partial charge in [-0.15, -0.1) is 0 Å². The fourth-order valence-electron chi connectivity index (χ4n) is 5.87. The van der Waals surface area contributed by atoms with Gasteiger partial charge in [-0.2, -0.15) is 0 Å². The number of carbonyl (C=O) groups is 1. The number of rotatable bonds is 12. The van der Waals surface area contributed by atoms with Crippen LogP contribution in [0, 0.1) is 0 Å². The zero-order chi connectivity index (χ0) is 30.6. The van der Waals surface area contributed by atoms with Gasteiger partial charge in [-0.25, -0.2) is 0 Å². The molecule has 17 heteroatoms. The van der Waals surface area contributed by atoms with Crippen LogP contribution in [0.4, 0.5) is 0 Å². The van der Waals surface area contributed by atoms with Crippen LogP contribution < -0.4 is 38.9 Å². The van der Waals surface area contributed by atoms with Gasteiger partial charge in [0.05, 0.1) is 30.8 Å². The first-order valence-electron chi connectivity index (χ1n) is 14.7. The monoisotopic (exact) mass is 607 g/mol. The van der Waals surface area contributed by atoms with Crippen molar-refractivity contribution in [3.8, 4) is 0 Å². The molecule has 16 N–H and O–H groups in total. The molecular formula is C25H49N7O10. The topological polar surface area (TPSA) is 295 Å². The lowest BCUT2D eigenvalue weighted by Gasteiger charge is -2.49. The van der Waals surface area contributed by atoms with E-state index >= 15 is 0 Å². The van der Waals surface area contributed by atoms with E-state index in [1.54, 1.807) is 0 Å². The number of aliphatic hydroxyl groups is 5. The van der Waals surface area contributed by atoms with Gasteiger partial charge in [-0.3, -0.25) is 4.79 Å². The van der Waals surface area contributed by atoms with E-state index in [1.807, 2.05) is 0 Å². The summed E-state index contributed by atoms with van der Waals surface area (Å²) in [5.74, 6) is -0.747. The number of nitrogens with two attached hydrogens (primary N) is 4. The van der Waals surface area contributed by atoms with E-state index in [0.717, 1.165) is 25.9 Å². The van der Waals surface area contributed by atoms with Crippen molar-refractivity contribution in [2.24, 2.45) is 22.9 Å². The first-order valence-corrected chi connectivity index (χ1v) is 14.7. The SMILES string of the molecule is NCC[C@H](O)C(=O)N[C@@H]1C[C@H](N)C(O[C@H]2O[C@H](CN)CC[C@H]2NC2CNC2)[C@H](O)[C@H]1O[C@H]1O[C@H](CO)[C@@H](O)[C@H](N)[C@H]1O. The van der Waals surface area contributed by atoms with Crippen molar-refractivity contribution in [3.63, 3.8) is 0 Å². The van der Waals surface area contributed by atoms with Crippen molar-refractivity contribution >= 4 is 5.91 Å². The van der Waals surface area contributed by atoms with Gasteiger partial charge in [0.25, 0.3) is 0 Å². The molecule has 0 aromatic rings. The Kier molecular flexibility index (Phi) is 12.2. The van der Waals surface area contributed by atoms with Gasteiger partial charge in [0.15, 0.2) is 12.6 Å². The lowest BCUT2D eigenvalue weighted by Crippen LogP contribution is -2.69. The third-order valence-electron chi connectivity index (χ3n) is 8.56. The van der Waals surface area contributed by atoms with E-state index < -0.39 is 85.9 Å². The van der Waals surface area contributed by atoms with Crippen molar-refractivity contribution in [2.45, 2.75) is 117 Å². The summed E-state index contributed by atoms with van der Waals surface area (Å²) in [6.45, 7) is 1.36. The van der Waals surface area contributed by atoms with Gasteiger partial charge in [0.1, 0.15) is 42.7 Å². The van der Waals surface area contributed by atoms with Crippen LogP contribution in [0.25, 0.3) is 0 Å². The zero-order valence-electron chi connectivity index (χ0n) is 23.6. The van der Waals surface area contributed by atoms with Crippen LogP contribution in [0.5, 0.6) is 0 Å². The van der Waals surface area contributed by atoms with Crippen molar-refractivity contribution in [1.29, 1.82) is 0 Å². The van der Waals surface area contributed by atoms with Gasteiger partial charge in [-0.1, -0.05) is 0 Å². The number of hydrogen-bond donors (Lipinski definition) is 12. The second-order valence-electron chi connectivity index (χ2n) is 11.7. The first-order chi connectivity index (χ1) is 20.1. The van der Waals surface area contributed by atoms with Crippen LogP contribution in [-0.2, 0) is 23.7 Å². The van der Waals surface area contributed by atoms with Gasteiger partial charge < -0.3 is 83.4 Å². The Balaban J connectivity index is 1.54. The number of nitrogens with one attached hydrogen (secondary N) is 3. The summed E-state index contributed by atoms with van der Waals surface area (Å²) in [5, 5.41) is 61.8. The summed E-state index contributed by atoms with van der Waals surface area (Å²) in [5.41, 5.74) is 23.8. The van der Waals surface area contributed by atoms with Gasteiger partial charge in [0, 0.05) is 31.7 Å². The Hall–Kier alpha value is -1.13. The van der Waals surface area contributed by atoms with E-state index in [-0.39, 0.29) is 44.1 Å². The standard InChI is InChI=1S/C25H49N7O10/c26-4-3-15(34)23(38)32-14-5-12(28)21(41-24-13(31-10-7-30-8-10)2-1-11(6-27)39-24)20(37)22(14)42-25-19(36)17(29)18(35)16(9-33)40-25/h10-22,24-25,30-31,33-37H,1-9,26-29H2,(H,32,38)/t11-,12-,13+,14+,15-,16+,17-,18+,19+,20-,21?,22-,24+,25+/m0/s1. The fourth-order valence-corrected chi connectivity index (χ4v) is 5.87. The molecule has 1 saturated carbocycles. The van der Waals surface area contributed by atoms with E-state index in [9.17, 15) is 30.3 Å². The molecule has 3 aliphatic heterocycles. The zero-order valence-corrected chi connectivity index (χ0v) is 23.6. The van der Waals surface area contributed by atoms with Crippen LogP contribution in [0.15, 0.2) is 0 Å². The molecule has 42 heavy (non-hydrogen) atoms. The average molecular weight is 608 g/mol. The summed E-state index contributed by atoms with van der Waals surface area (Å²) in [6, 6.07) is -2.96. The van der Waals surface area contributed by atoms with Gasteiger partial charge in [-0.05, 0) is 32.2 Å². The molecule has 4 rings (SSSR count). The maximum absolute atomic E-state index is 12.7. The summed E-state index contributed by atoms with van der Waals surface area (Å²) in [6.07, 6.45) is -10.3. The number of ether oxygens (including phenoxy) is 4. The molecule has 4 fully saturated rings. The molecule has 0 aromatic heterocycles. The van der Waals surface area contributed by atoms with Crippen molar-refractivity contribution in [1.82, 2.24) is 16.0 Å². The maximum atomic E-state index is 12.7.